The monoisotopic (exact) mass is 331 g/mol. The zero-order valence-electron chi connectivity index (χ0n) is 11.1. The SMILES string of the molecule is COP(=O)(OC)C(Nc1cccc(Cl)c1)c1cccs1. The molecule has 0 saturated carbocycles. The Morgan fingerprint density at radius 2 is 2.00 bits per heavy atom. The molecular weight excluding hydrogens is 317 g/mol. The van der Waals surface area contributed by atoms with Crippen molar-refractivity contribution in [1.82, 2.24) is 0 Å². The zero-order valence-corrected chi connectivity index (χ0v) is 13.5. The number of nitrogens with one attached hydrogen (secondary N) is 1. The van der Waals surface area contributed by atoms with Crippen LogP contribution in [0.4, 0.5) is 5.69 Å². The van der Waals surface area contributed by atoms with Gasteiger partial charge in [-0.3, -0.25) is 4.57 Å². The second-order valence-corrected chi connectivity index (χ2v) is 7.72. The Balaban J connectivity index is 2.35. The topological polar surface area (TPSA) is 47.6 Å². The maximum atomic E-state index is 12.7. The van der Waals surface area contributed by atoms with E-state index >= 15 is 0 Å². The minimum absolute atomic E-state index is 0.573. The van der Waals surface area contributed by atoms with Crippen LogP contribution in [-0.2, 0) is 13.6 Å². The van der Waals surface area contributed by atoms with E-state index in [0.717, 1.165) is 10.6 Å². The molecule has 1 unspecified atom stereocenters. The summed E-state index contributed by atoms with van der Waals surface area (Å²) in [6.45, 7) is 0. The van der Waals surface area contributed by atoms with Gasteiger partial charge in [0.15, 0.2) is 5.78 Å². The molecule has 0 radical (unpaired) electrons. The number of hydrogen-bond donors (Lipinski definition) is 1. The van der Waals surface area contributed by atoms with E-state index in [1.54, 1.807) is 12.1 Å². The van der Waals surface area contributed by atoms with Crippen LogP contribution in [0.25, 0.3) is 0 Å². The molecule has 1 heterocycles. The highest BCUT2D eigenvalue weighted by Crippen LogP contribution is 2.60. The molecular formula is C13H15ClNO3PS. The molecule has 1 aromatic heterocycles. The fraction of sp³-hybridized carbons (Fsp3) is 0.231. The van der Waals surface area contributed by atoms with E-state index < -0.39 is 13.4 Å². The largest absolute Gasteiger partial charge is 0.367 e. The van der Waals surface area contributed by atoms with E-state index in [1.807, 2.05) is 29.6 Å². The summed E-state index contributed by atoms with van der Waals surface area (Å²) in [4.78, 5) is 0.872. The maximum Gasteiger partial charge on any atom is 0.357 e. The van der Waals surface area contributed by atoms with Crippen LogP contribution < -0.4 is 5.32 Å². The zero-order chi connectivity index (χ0) is 14.6. The van der Waals surface area contributed by atoms with Crippen molar-refractivity contribution < 1.29 is 13.6 Å². The van der Waals surface area contributed by atoms with Crippen molar-refractivity contribution in [3.63, 3.8) is 0 Å². The number of anilines is 1. The minimum Gasteiger partial charge on any atom is -0.367 e. The van der Waals surface area contributed by atoms with Crippen LogP contribution in [0.1, 0.15) is 10.7 Å². The Morgan fingerprint density at radius 1 is 1.25 bits per heavy atom. The number of thiophene rings is 1. The molecule has 2 rings (SSSR count). The van der Waals surface area contributed by atoms with Gasteiger partial charge in [-0.05, 0) is 29.6 Å². The molecule has 20 heavy (non-hydrogen) atoms. The highest BCUT2D eigenvalue weighted by Gasteiger charge is 2.36. The van der Waals surface area contributed by atoms with Crippen LogP contribution in [-0.4, -0.2) is 14.2 Å². The van der Waals surface area contributed by atoms with Gasteiger partial charge in [0.2, 0.25) is 0 Å². The molecule has 0 aliphatic carbocycles. The first-order valence-corrected chi connectivity index (χ1v) is 8.72. The molecule has 1 aromatic carbocycles. The van der Waals surface area contributed by atoms with Crippen molar-refractivity contribution in [2.45, 2.75) is 5.78 Å². The van der Waals surface area contributed by atoms with Gasteiger partial charge in [0.05, 0.1) is 0 Å². The van der Waals surface area contributed by atoms with Gasteiger partial charge in [-0.15, -0.1) is 11.3 Å². The molecule has 7 heteroatoms. The van der Waals surface area contributed by atoms with Crippen molar-refractivity contribution in [3.05, 3.63) is 51.7 Å². The molecule has 0 fully saturated rings. The Bertz CT molecular complexity index is 597. The number of rotatable bonds is 6. The summed E-state index contributed by atoms with van der Waals surface area (Å²) < 4.78 is 22.9. The van der Waals surface area contributed by atoms with E-state index in [0.29, 0.717) is 5.02 Å². The van der Waals surface area contributed by atoms with Gasteiger partial charge in [0, 0.05) is 29.8 Å². The van der Waals surface area contributed by atoms with Gasteiger partial charge in [0.1, 0.15) is 0 Å². The molecule has 0 saturated heterocycles. The Kier molecular flexibility index (Phi) is 5.24. The molecule has 0 bridgehead atoms. The molecule has 0 aliphatic rings. The number of benzene rings is 1. The lowest BCUT2D eigenvalue weighted by Gasteiger charge is -2.25. The molecule has 4 nitrogen and oxygen atoms in total. The molecule has 0 spiro atoms. The highest BCUT2D eigenvalue weighted by molar-refractivity contribution is 7.54. The molecule has 0 amide bonds. The normalized spacial score (nSPS) is 13.2. The summed E-state index contributed by atoms with van der Waals surface area (Å²) in [7, 11) is -0.545. The van der Waals surface area contributed by atoms with E-state index in [4.69, 9.17) is 20.6 Å². The summed E-state index contributed by atoms with van der Waals surface area (Å²) in [5.74, 6) is -0.573. The van der Waals surface area contributed by atoms with Gasteiger partial charge in [-0.25, -0.2) is 0 Å². The van der Waals surface area contributed by atoms with Crippen molar-refractivity contribution in [2.75, 3.05) is 19.5 Å². The van der Waals surface area contributed by atoms with Crippen LogP contribution in [0.3, 0.4) is 0 Å². The van der Waals surface area contributed by atoms with Crippen LogP contribution in [0.2, 0.25) is 5.02 Å². The fourth-order valence-electron chi connectivity index (χ4n) is 1.77. The van der Waals surface area contributed by atoms with Crippen molar-refractivity contribution in [2.24, 2.45) is 0 Å². The van der Waals surface area contributed by atoms with Crippen LogP contribution in [0.5, 0.6) is 0 Å². The number of halogens is 1. The lowest BCUT2D eigenvalue weighted by atomic mass is 10.3. The van der Waals surface area contributed by atoms with Crippen molar-refractivity contribution in [3.8, 4) is 0 Å². The van der Waals surface area contributed by atoms with Crippen LogP contribution >= 0.6 is 30.5 Å². The van der Waals surface area contributed by atoms with Gasteiger partial charge >= 0.3 is 7.60 Å². The van der Waals surface area contributed by atoms with Gasteiger partial charge < -0.3 is 14.4 Å². The predicted octanol–water partition coefficient (Wildman–Crippen LogP) is 5.00. The second kappa shape index (κ2) is 6.74. The van der Waals surface area contributed by atoms with Crippen LogP contribution in [0.15, 0.2) is 41.8 Å². The third kappa shape index (κ3) is 3.43. The Hall–Kier alpha value is -0.840. The smallest absolute Gasteiger partial charge is 0.357 e. The first-order chi connectivity index (χ1) is 9.59. The first-order valence-electron chi connectivity index (χ1n) is 5.86. The van der Waals surface area contributed by atoms with E-state index in [9.17, 15) is 4.57 Å². The average Bonchev–Trinajstić information content (AvgIpc) is 2.98. The molecule has 2 aromatic rings. The quantitative estimate of drug-likeness (QED) is 0.757. The summed E-state index contributed by atoms with van der Waals surface area (Å²) >= 11 is 7.45. The summed E-state index contributed by atoms with van der Waals surface area (Å²) in [6, 6.07) is 11.0. The van der Waals surface area contributed by atoms with Gasteiger partial charge in [-0.2, -0.15) is 0 Å². The third-order valence-electron chi connectivity index (χ3n) is 2.77. The molecule has 0 aliphatic heterocycles. The summed E-state index contributed by atoms with van der Waals surface area (Å²) in [5.41, 5.74) is 0.755. The van der Waals surface area contributed by atoms with E-state index in [-0.39, 0.29) is 0 Å². The fourth-order valence-corrected chi connectivity index (χ4v) is 4.47. The van der Waals surface area contributed by atoms with Gasteiger partial charge in [-0.1, -0.05) is 23.7 Å². The highest BCUT2D eigenvalue weighted by atomic mass is 35.5. The maximum absolute atomic E-state index is 12.7. The third-order valence-corrected chi connectivity index (χ3v) is 6.17. The average molecular weight is 332 g/mol. The Labute approximate surface area is 127 Å². The molecule has 1 atom stereocenters. The lowest BCUT2D eigenvalue weighted by molar-refractivity contribution is 0.269. The molecule has 108 valence electrons. The second-order valence-electron chi connectivity index (χ2n) is 3.98. The van der Waals surface area contributed by atoms with Gasteiger partial charge in [0.25, 0.3) is 0 Å². The summed E-state index contributed by atoms with van der Waals surface area (Å²) in [5, 5.41) is 5.69. The minimum atomic E-state index is -3.30. The van der Waals surface area contributed by atoms with Crippen LogP contribution in [0, 0.1) is 0 Å². The van der Waals surface area contributed by atoms with E-state index in [1.165, 1.54) is 25.6 Å². The van der Waals surface area contributed by atoms with Crippen molar-refractivity contribution in [1.29, 1.82) is 0 Å². The van der Waals surface area contributed by atoms with Crippen molar-refractivity contribution >= 4 is 36.2 Å². The lowest BCUT2D eigenvalue weighted by Crippen LogP contribution is -2.12. The summed E-state index contributed by atoms with van der Waals surface area (Å²) in [6.07, 6.45) is 0. The standard InChI is InChI=1S/C13H15ClNO3PS/c1-17-19(16,18-2)13(12-7-4-8-20-12)15-11-6-3-5-10(14)9-11/h3-9,13,15H,1-2H3. The first kappa shape index (κ1) is 15.5. The predicted molar refractivity (Wildman–Crippen MR) is 83.8 cm³/mol. The number of hydrogen-bond acceptors (Lipinski definition) is 5. The Morgan fingerprint density at radius 3 is 2.55 bits per heavy atom. The molecule has 1 N–H and O–H groups in total. The van der Waals surface area contributed by atoms with E-state index in [2.05, 4.69) is 5.32 Å².